The molecule has 4 rings (SSSR count). The highest BCUT2D eigenvalue weighted by Crippen LogP contribution is 2.33. The summed E-state index contributed by atoms with van der Waals surface area (Å²) in [5.74, 6) is 0.355. The monoisotopic (exact) mass is 515 g/mol. The predicted molar refractivity (Wildman–Crippen MR) is 136 cm³/mol. The van der Waals surface area contributed by atoms with E-state index in [1.807, 2.05) is 25.7 Å². The number of nitrogens with zero attached hydrogens (tertiary/aromatic N) is 4. The average Bonchev–Trinajstić information content (AvgIpc) is 3.63. The molecule has 1 saturated carbocycles. The maximum Gasteiger partial charge on any atom is 0.410 e. The first kappa shape index (κ1) is 25.9. The van der Waals surface area contributed by atoms with E-state index in [1.54, 1.807) is 41.6 Å². The van der Waals surface area contributed by atoms with Gasteiger partial charge in [0.15, 0.2) is 5.82 Å². The van der Waals surface area contributed by atoms with Gasteiger partial charge in [0.05, 0.1) is 11.8 Å². The predicted octanol–water partition coefficient (Wildman–Crippen LogP) is 3.52. The van der Waals surface area contributed by atoms with E-state index in [9.17, 15) is 18.0 Å². The Morgan fingerprint density at radius 3 is 2.06 bits per heavy atom. The first-order valence-corrected chi connectivity index (χ1v) is 14.0. The van der Waals surface area contributed by atoms with Crippen molar-refractivity contribution >= 4 is 27.7 Å². The number of sulfonamides is 1. The average molecular weight is 516 g/mol. The number of ether oxygens (including phenoxy) is 1. The second-order valence-electron chi connectivity index (χ2n) is 10.4. The van der Waals surface area contributed by atoms with Gasteiger partial charge in [0.2, 0.25) is 10.0 Å². The Bertz CT molecular complexity index is 1200. The molecule has 1 aliphatic carbocycles. The van der Waals surface area contributed by atoms with Crippen molar-refractivity contribution in [3.05, 3.63) is 42.2 Å². The first-order chi connectivity index (χ1) is 16.9. The highest BCUT2D eigenvalue weighted by molar-refractivity contribution is 7.92. The molecule has 0 atom stereocenters. The molecule has 2 fully saturated rings. The molecule has 11 heteroatoms. The minimum absolute atomic E-state index is 0.0539. The third kappa shape index (κ3) is 6.71. The van der Waals surface area contributed by atoms with Gasteiger partial charge >= 0.3 is 6.09 Å². The molecule has 10 nitrogen and oxygen atoms in total. The van der Waals surface area contributed by atoms with Gasteiger partial charge in [-0.2, -0.15) is 0 Å². The summed E-state index contributed by atoms with van der Waals surface area (Å²) in [6, 6.07) is 6.98. The van der Waals surface area contributed by atoms with Crippen molar-refractivity contribution in [2.75, 3.05) is 24.1 Å². The third-order valence-corrected chi connectivity index (χ3v) is 6.64. The lowest BCUT2D eigenvalue weighted by Gasteiger charge is -2.39. The van der Waals surface area contributed by atoms with Gasteiger partial charge in [0, 0.05) is 48.8 Å². The standard InChI is InChI=1S/C25H33N5O5S/c1-25(2,3)35-24(32)29-13-11-21(12-14-29)30(20-9-10-20)23(31)18-15-26-22(27-16-18)17-5-7-19(8-6-17)28-36(4,33)34/h5-8,15-16,20-21,28H,9-14H2,1-4H3. The molecule has 1 aliphatic heterocycles. The maximum absolute atomic E-state index is 13.4. The second kappa shape index (κ2) is 10.0. The van der Waals surface area contributed by atoms with E-state index in [-0.39, 0.29) is 24.1 Å². The van der Waals surface area contributed by atoms with Crippen LogP contribution in [0.5, 0.6) is 0 Å². The number of carbonyl (C=O) groups is 2. The minimum Gasteiger partial charge on any atom is -0.444 e. The Morgan fingerprint density at radius 1 is 1.00 bits per heavy atom. The number of anilines is 1. The van der Waals surface area contributed by atoms with Crippen molar-refractivity contribution in [1.82, 2.24) is 19.8 Å². The largest absolute Gasteiger partial charge is 0.444 e. The summed E-state index contributed by atoms with van der Waals surface area (Å²) >= 11 is 0. The summed E-state index contributed by atoms with van der Waals surface area (Å²) in [7, 11) is -3.35. The van der Waals surface area contributed by atoms with Crippen LogP contribution in [0.3, 0.4) is 0 Å². The van der Waals surface area contributed by atoms with Crippen molar-refractivity contribution in [3.8, 4) is 11.4 Å². The van der Waals surface area contributed by atoms with Gasteiger partial charge in [0.25, 0.3) is 5.91 Å². The third-order valence-electron chi connectivity index (χ3n) is 6.03. The molecular weight excluding hydrogens is 482 g/mol. The van der Waals surface area contributed by atoms with E-state index >= 15 is 0 Å². The number of hydrogen-bond donors (Lipinski definition) is 1. The number of piperidine rings is 1. The summed E-state index contributed by atoms with van der Waals surface area (Å²) in [6.07, 6.45) is 7.22. The molecule has 0 spiro atoms. The van der Waals surface area contributed by atoms with Gasteiger partial charge in [-0.05, 0) is 70.7 Å². The van der Waals surface area contributed by atoms with E-state index in [0.29, 0.717) is 48.6 Å². The van der Waals surface area contributed by atoms with E-state index < -0.39 is 15.6 Å². The van der Waals surface area contributed by atoms with E-state index in [0.717, 1.165) is 19.1 Å². The van der Waals surface area contributed by atoms with E-state index in [2.05, 4.69) is 14.7 Å². The Hall–Kier alpha value is -3.21. The minimum atomic E-state index is -3.35. The fourth-order valence-corrected chi connectivity index (χ4v) is 4.84. The Balaban J connectivity index is 1.40. The highest BCUT2D eigenvalue weighted by atomic mass is 32.2. The van der Waals surface area contributed by atoms with Crippen molar-refractivity contribution in [2.24, 2.45) is 0 Å². The molecule has 194 valence electrons. The fourth-order valence-electron chi connectivity index (χ4n) is 4.27. The Labute approximate surface area is 212 Å². The SMILES string of the molecule is CC(C)(C)OC(=O)N1CCC(N(C(=O)c2cnc(-c3ccc(NS(C)(=O)=O)cc3)nc2)C2CC2)CC1. The summed E-state index contributed by atoms with van der Waals surface area (Å²) in [5.41, 5.74) is 1.05. The lowest BCUT2D eigenvalue weighted by molar-refractivity contribution is 0.0142. The van der Waals surface area contributed by atoms with Crippen molar-refractivity contribution in [3.63, 3.8) is 0 Å². The van der Waals surface area contributed by atoms with Crippen LogP contribution in [0.4, 0.5) is 10.5 Å². The number of benzene rings is 1. The Morgan fingerprint density at radius 2 is 1.56 bits per heavy atom. The zero-order valence-electron chi connectivity index (χ0n) is 21.1. The molecule has 1 aromatic heterocycles. The van der Waals surface area contributed by atoms with Crippen LogP contribution in [0.1, 0.15) is 56.8 Å². The van der Waals surface area contributed by atoms with Gasteiger partial charge in [-0.15, -0.1) is 0 Å². The molecule has 1 N–H and O–H groups in total. The number of likely N-dealkylation sites (tertiary alicyclic amines) is 1. The van der Waals surface area contributed by atoms with Crippen LogP contribution in [-0.4, -0.2) is 77.2 Å². The van der Waals surface area contributed by atoms with Gasteiger partial charge in [0.1, 0.15) is 5.60 Å². The second-order valence-corrected chi connectivity index (χ2v) is 12.1. The molecule has 0 bridgehead atoms. The van der Waals surface area contributed by atoms with Crippen molar-refractivity contribution < 1.29 is 22.7 Å². The van der Waals surface area contributed by atoms with Crippen LogP contribution in [-0.2, 0) is 14.8 Å². The topological polar surface area (TPSA) is 122 Å². The molecule has 0 unspecified atom stereocenters. The summed E-state index contributed by atoms with van der Waals surface area (Å²) < 4.78 is 30.7. The molecule has 36 heavy (non-hydrogen) atoms. The normalized spacial score (nSPS) is 16.9. The van der Waals surface area contributed by atoms with E-state index in [1.165, 1.54) is 0 Å². The van der Waals surface area contributed by atoms with Crippen LogP contribution < -0.4 is 4.72 Å². The van der Waals surface area contributed by atoms with Crippen molar-refractivity contribution in [1.29, 1.82) is 0 Å². The maximum atomic E-state index is 13.4. The van der Waals surface area contributed by atoms with Crippen LogP contribution >= 0.6 is 0 Å². The molecular formula is C25H33N5O5S. The number of hydrogen-bond acceptors (Lipinski definition) is 7. The zero-order valence-corrected chi connectivity index (χ0v) is 21.9. The number of carbonyl (C=O) groups excluding carboxylic acids is 2. The van der Waals surface area contributed by atoms with Crippen LogP contribution in [0.2, 0.25) is 0 Å². The van der Waals surface area contributed by atoms with Crippen molar-refractivity contribution in [2.45, 2.75) is 64.1 Å². The summed E-state index contributed by atoms with van der Waals surface area (Å²) in [5, 5.41) is 0. The van der Waals surface area contributed by atoms with E-state index in [4.69, 9.17) is 4.74 Å². The summed E-state index contributed by atoms with van der Waals surface area (Å²) in [4.78, 5) is 38.3. The zero-order chi connectivity index (χ0) is 26.1. The number of rotatable bonds is 6. The lowest BCUT2D eigenvalue weighted by Crippen LogP contribution is -2.50. The molecule has 2 aliphatic rings. The molecule has 1 saturated heterocycles. The number of aromatic nitrogens is 2. The van der Waals surface area contributed by atoms with Gasteiger partial charge in [-0.1, -0.05) is 0 Å². The molecule has 1 aromatic carbocycles. The first-order valence-electron chi connectivity index (χ1n) is 12.1. The molecule has 0 radical (unpaired) electrons. The molecule has 2 aromatic rings. The Kier molecular flexibility index (Phi) is 7.21. The number of amides is 2. The van der Waals surface area contributed by atoms with Gasteiger partial charge in [-0.3, -0.25) is 9.52 Å². The van der Waals surface area contributed by atoms with Crippen LogP contribution in [0, 0.1) is 0 Å². The quantitative estimate of drug-likeness (QED) is 0.625. The smallest absolute Gasteiger partial charge is 0.410 e. The summed E-state index contributed by atoms with van der Waals surface area (Å²) in [6.45, 7) is 6.66. The van der Waals surface area contributed by atoms with Gasteiger partial charge in [-0.25, -0.2) is 23.2 Å². The van der Waals surface area contributed by atoms with Crippen LogP contribution in [0.25, 0.3) is 11.4 Å². The van der Waals surface area contributed by atoms with Crippen LogP contribution in [0.15, 0.2) is 36.7 Å². The lowest BCUT2D eigenvalue weighted by atomic mass is 10.0. The molecule has 2 amide bonds. The molecule has 2 heterocycles. The number of nitrogens with one attached hydrogen (secondary N) is 1. The van der Waals surface area contributed by atoms with Gasteiger partial charge < -0.3 is 14.5 Å². The fraction of sp³-hybridized carbons (Fsp3) is 0.520. The highest BCUT2D eigenvalue weighted by Gasteiger charge is 2.40.